The van der Waals surface area contributed by atoms with Crippen LogP contribution in [0.5, 0.6) is 5.75 Å². The molecule has 0 aliphatic carbocycles. The van der Waals surface area contributed by atoms with E-state index in [1.54, 1.807) is 36.4 Å². The highest BCUT2D eigenvalue weighted by molar-refractivity contribution is 7.92. The maximum atomic E-state index is 14.3. The van der Waals surface area contributed by atoms with E-state index in [9.17, 15) is 18.0 Å². The van der Waals surface area contributed by atoms with Crippen LogP contribution in [0.1, 0.15) is 11.1 Å². The zero-order valence-corrected chi connectivity index (χ0v) is 27.0. The lowest BCUT2D eigenvalue weighted by molar-refractivity contribution is -0.139. The van der Waals surface area contributed by atoms with Crippen LogP contribution in [-0.2, 0) is 32.6 Å². The molecule has 0 radical (unpaired) electrons. The van der Waals surface area contributed by atoms with Gasteiger partial charge >= 0.3 is 0 Å². The summed E-state index contributed by atoms with van der Waals surface area (Å²) >= 11 is 18.9. The average molecular weight is 675 g/mol. The molecule has 0 unspecified atom stereocenters. The van der Waals surface area contributed by atoms with Gasteiger partial charge in [0, 0.05) is 35.1 Å². The SMILES string of the molecule is CNC(=O)[C@H](Cc1ccccc1)N(Cc1ccc(Cl)cc1Cl)C(=O)CN(c1cccc(Cl)c1)S(=O)(=O)c1ccc(OC)cc1. The number of nitrogens with zero attached hydrogens (tertiary/aromatic N) is 2. The number of nitrogens with one attached hydrogen (secondary N) is 1. The number of likely N-dealkylation sites (N-methyl/N-ethyl adjacent to an activating group) is 1. The second kappa shape index (κ2) is 14.8. The molecule has 0 aliphatic heterocycles. The first-order valence-corrected chi connectivity index (χ1v) is 16.0. The Balaban J connectivity index is 1.80. The topological polar surface area (TPSA) is 96.0 Å². The normalized spacial score (nSPS) is 11.8. The molecular weight excluding hydrogens is 645 g/mol. The van der Waals surface area contributed by atoms with E-state index in [0.29, 0.717) is 21.4 Å². The van der Waals surface area contributed by atoms with Crippen LogP contribution in [0, 0.1) is 0 Å². The predicted molar refractivity (Wildman–Crippen MR) is 174 cm³/mol. The van der Waals surface area contributed by atoms with Crippen molar-refractivity contribution in [3.63, 3.8) is 0 Å². The molecule has 0 spiro atoms. The molecule has 1 N–H and O–H groups in total. The summed E-state index contributed by atoms with van der Waals surface area (Å²) < 4.78 is 34.3. The molecule has 0 saturated heterocycles. The average Bonchev–Trinajstić information content (AvgIpc) is 3.02. The summed E-state index contributed by atoms with van der Waals surface area (Å²) in [5, 5.41) is 3.62. The predicted octanol–water partition coefficient (Wildman–Crippen LogP) is 6.24. The molecule has 4 aromatic rings. The smallest absolute Gasteiger partial charge is 0.264 e. The third-order valence-corrected chi connectivity index (χ3v) is 9.51. The number of ether oxygens (including phenoxy) is 1. The van der Waals surface area contributed by atoms with Gasteiger partial charge in [-0.2, -0.15) is 0 Å². The summed E-state index contributed by atoms with van der Waals surface area (Å²) in [7, 11) is -1.34. The van der Waals surface area contributed by atoms with Crippen LogP contribution < -0.4 is 14.4 Å². The van der Waals surface area contributed by atoms with Crippen molar-refractivity contribution in [2.24, 2.45) is 0 Å². The van der Waals surface area contributed by atoms with Gasteiger partial charge in [0.05, 0.1) is 17.7 Å². The highest BCUT2D eigenvalue weighted by Gasteiger charge is 2.34. The first-order chi connectivity index (χ1) is 21.0. The zero-order valence-electron chi connectivity index (χ0n) is 23.9. The third kappa shape index (κ3) is 8.04. The van der Waals surface area contributed by atoms with Gasteiger partial charge in [-0.05, 0) is 65.7 Å². The number of carbonyl (C=O) groups is 2. The molecule has 230 valence electrons. The molecule has 0 saturated carbocycles. The van der Waals surface area contributed by atoms with Crippen LogP contribution in [0.4, 0.5) is 5.69 Å². The fraction of sp³-hybridized carbons (Fsp3) is 0.188. The maximum Gasteiger partial charge on any atom is 0.264 e. The summed E-state index contributed by atoms with van der Waals surface area (Å²) in [5.41, 5.74) is 1.50. The van der Waals surface area contributed by atoms with E-state index in [1.807, 2.05) is 30.3 Å². The number of anilines is 1. The Labute approximate surface area is 272 Å². The number of amides is 2. The van der Waals surface area contributed by atoms with Crippen molar-refractivity contribution in [3.05, 3.63) is 123 Å². The third-order valence-electron chi connectivity index (χ3n) is 6.90. The number of hydrogen-bond acceptors (Lipinski definition) is 5. The van der Waals surface area contributed by atoms with Crippen molar-refractivity contribution in [2.75, 3.05) is 25.0 Å². The van der Waals surface area contributed by atoms with E-state index in [-0.39, 0.29) is 28.6 Å². The molecule has 1 atom stereocenters. The van der Waals surface area contributed by atoms with Crippen molar-refractivity contribution in [3.8, 4) is 5.75 Å². The Bertz CT molecular complexity index is 1720. The standard InChI is InChI=1S/C32H30Cl3N3O5S/c1-36-32(40)30(17-22-7-4-3-5-8-22)37(20-23-11-12-25(34)19-29(23)35)31(39)21-38(26-10-6-9-24(33)18-26)44(41,42)28-15-13-27(43-2)14-16-28/h3-16,18-19,30H,17,20-21H2,1-2H3,(H,36,40)/t30-/m0/s1. The lowest BCUT2D eigenvalue weighted by atomic mass is 10.0. The van der Waals surface area contributed by atoms with Gasteiger partial charge in [0.1, 0.15) is 18.3 Å². The molecule has 44 heavy (non-hydrogen) atoms. The van der Waals surface area contributed by atoms with Crippen LogP contribution >= 0.6 is 34.8 Å². The highest BCUT2D eigenvalue weighted by Crippen LogP contribution is 2.29. The Hall–Kier alpha value is -3.76. The number of halogens is 3. The van der Waals surface area contributed by atoms with E-state index in [4.69, 9.17) is 39.5 Å². The number of methoxy groups -OCH3 is 1. The van der Waals surface area contributed by atoms with E-state index in [1.165, 1.54) is 49.4 Å². The minimum absolute atomic E-state index is 0.0643. The largest absolute Gasteiger partial charge is 0.497 e. The fourth-order valence-corrected chi connectivity index (χ4v) is 6.65. The van der Waals surface area contributed by atoms with Crippen molar-refractivity contribution >= 4 is 62.3 Å². The van der Waals surface area contributed by atoms with Crippen LogP contribution in [-0.4, -0.2) is 51.9 Å². The van der Waals surface area contributed by atoms with Crippen LogP contribution in [0.25, 0.3) is 0 Å². The second-order valence-corrected chi connectivity index (χ2v) is 12.9. The Kier molecular flexibility index (Phi) is 11.2. The van der Waals surface area contributed by atoms with Gasteiger partial charge < -0.3 is 15.0 Å². The summed E-state index contributed by atoms with van der Waals surface area (Å²) in [6, 6.07) is 25.0. The minimum atomic E-state index is -4.29. The summed E-state index contributed by atoms with van der Waals surface area (Å²) in [6.07, 6.45) is 0.167. The monoisotopic (exact) mass is 673 g/mol. The lowest BCUT2D eigenvalue weighted by Gasteiger charge is -2.33. The van der Waals surface area contributed by atoms with E-state index < -0.39 is 34.4 Å². The Morgan fingerprint density at radius 3 is 2.16 bits per heavy atom. The van der Waals surface area contributed by atoms with Crippen LogP contribution in [0.2, 0.25) is 15.1 Å². The first kappa shape index (κ1) is 33.1. The number of sulfonamides is 1. The van der Waals surface area contributed by atoms with Gasteiger partial charge in [-0.3, -0.25) is 13.9 Å². The molecule has 12 heteroatoms. The molecule has 0 aromatic heterocycles. The van der Waals surface area contributed by atoms with Crippen molar-refractivity contribution in [2.45, 2.75) is 23.9 Å². The quantitative estimate of drug-likeness (QED) is 0.192. The second-order valence-electron chi connectivity index (χ2n) is 9.74. The van der Waals surface area contributed by atoms with Gasteiger partial charge in [0.25, 0.3) is 10.0 Å². The van der Waals surface area contributed by atoms with E-state index >= 15 is 0 Å². The van der Waals surface area contributed by atoms with E-state index in [0.717, 1.165) is 9.87 Å². The van der Waals surface area contributed by atoms with Gasteiger partial charge in [0.2, 0.25) is 11.8 Å². The summed E-state index contributed by atoms with van der Waals surface area (Å²) in [6.45, 7) is -0.728. The van der Waals surface area contributed by atoms with Crippen molar-refractivity contribution in [1.29, 1.82) is 0 Å². The van der Waals surface area contributed by atoms with E-state index in [2.05, 4.69) is 5.32 Å². The molecule has 4 rings (SSSR count). The summed E-state index contributed by atoms with van der Waals surface area (Å²) in [5.74, 6) is -0.605. The molecule has 0 heterocycles. The molecule has 8 nitrogen and oxygen atoms in total. The molecule has 0 bridgehead atoms. The number of benzene rings is 4. The molecule has 0 aliphatic rings. The first-order valence-electron chi connectivity index (χ1n) is 13.4. The van der Waals surface area contributed by atoms with Crippen molar-refractivity contribution < 1.29 is 22.7 Å². The number of rotatable bonds is 12. The zero-order chi connectivity index (χ0) is 31.9. The number of hydrogen-bond donors (Lipinski definition) is 1. The van der Waals surface area contributed by atoms with Crippen molar-refractivity contribution in [1.82, 2.24) is 10.2 Å². The molecule has 4 aromatic carbocycles. The maximum absolute atomic E-state index is 14.3. The Morgan fingerprint density at radius 1 is 0.864 bits per heavy atom. The van der Waals surface area contributed by atoms with Gasteiger partial charge in [-0.25, -0.2) is 8.42 Å². The Morgan fingerprint density at radius 2 is 1.55 bits per heavy atom. The number of carbonyl (C=O) groups excluding carboxylic acids is 2. The van der Waals surface area contributed by atoms with Gasteiger partial charge in [-0.1, -0.05) is 77.3 Å². The van der Waals surface area contributed by atoms with Crippen LogP contribution in [0.15, 0.2) is 102 Å². The summed E-state index contributed by atoms with van der Waals surface area (Å²) in [4.78, 5) is 29.0. The van der Waals surface area contributed by atoms with Gasteiger partial charge in [-0.15, -0.1) is 0 Å². The van der Waals surface area contributed by atoms with Gasteiger partial charge in [0.15, 0.2) is 0 Å². The van der Waals surface area contributed by atoms with Crippen LogP contribution in [0.3, 0.4) is 0 Å². The molecule has 0 fully saturated rings. The molecule has 2 amide bonds. The highest BCUT2D eigenvalue weighted by atomic mass is 35.5. The molecular formula is C32H30Cl3N3O5S. The fourth-order valence-electron chi connectivity index (χ4n) is 4.59. The lowest BCUT2D eigenvalue weighted by Crippen LogP contribution is -2.53. The minimum Gasteiger partial charge on any atom is -0.497 e.